The van der Waals surface area contributed by atoms with Gasteiger partial charge in [0.25, 0.3) is 5.91 Å². The summed E-state index contributed by atoms with van der Waals surface area (Å²) in [5.41, 5.74) is 2.35. The number of carbonyl (C=O) groups excluding carboxylic acids is 2. The van der Waals surface area contributed by atoms with Crippen LogP contribution in [-0.2, 0) is 6.42 Å². The minimum absolute atomic E-state index is 0.154. The Morgan fingerprint density at radius 1 is 1.21 bits per heavy atom. The number of nitrogens with one attached hydrogen (secondary N) is 1. The van der Waals surface area contributed by atoms with Crippen LogP contribution < -0.4 is 14.8 Å². The number of methoxy groups -OCH3 is 1. The molecular weight excluding hydrogens is 422 g/mol. The van der Waals surface area contributed by atoms with E-state index in [2.05, 4.69) is 15.5 Å². The van der Waals surface area contributed by atoms with Gasteiger partial charge in [-0.15, -0.1) is 10.2 Å². The van der Waals surface area contributed by atoms with E-state index < -0.39 is 6.04 Å². The molecule has 0 saturated heterocycles. The first-order valence-electron chi connectivity index (χ1n) is 11.0. The van der Waals surface area contributed by atoms with E-state index in [1.165, 1.54) is 6.39 Å². The second-order valence-electron chi connectivity index (χ2n) is 8.21. The number of rotatable bonds is 9. The Bertz CT molecular complexity index is 1110. The Balaban J connectivity index is 1.64. The van der Waals surface area contributed by atoms with Gasteiger partial charge in [0.1, 0.15) is 0 Å². The van der Waals surface area contributed by atoms with Crippen molar-refractivity contribution in [3.05, 3.63) is 70.9 Å². The molecule has 0 bridgehead atoms. The summed E-state index contributed by atoms with van der Waals surface area (Å²) in [7, 11) is 1.60. The summed E-state index contributed by atoms with van der Waals surface area (Å²) in [5, 5.41) is 10.7. The third-order valence-corrected chi connectivity index (χ3v) is 5.85. The summed E-state index contributed by atoms with van der Waals surface area (Å²) >= 11 is 0. The molecule has 0 radical (unpaired) electrons. The molecular formula is C25H27N3O5. The molecule has 1 atom stereocenters. The van der Waals surface area contributed by atoms with Gasteiger partial charge in [0, 0.05) is 11.1 Å². The summed E-state index contributed by atoms with van der Waals surface area (Å²) in [5.74, 6) is 1.29. The van der Waals surface area contributed by atoms with Gasteiger partial charge in [0.15, 0.2) is 17.8 Å². The number of amides is 1. The van der Waals surface area contributed by atoms with Crippen LogP contribution in [0.3, 0.4) is 0 Å². The number of ether oxygens (including phenoxy) is 2. The van der Waals surface area contributed by atoms with Crippen LogP contribution in [0, 0.1) is 6.92 Å². The lowest BCUT2D eigenvalue weighted by atomic mass is 10.0. The van der Waals surface area contributed by atoms with Crippen LogP contribution in [0.1, 0.15) is 69.5 Å². The van der Waals surface area contributed by atoms with E-state index in [4.69, 9.17) is 13.9 Å². The predicted octanol–water partition coefficient (Wildman–Crippen LogP) is 4.23. The lowest BCUT2D eigenvalue weighted by Gasteiger charge is -2.21. The molecule has 2 aromatic carbocycles. The molecule has 172 valence electrons. The van der Waals surface area contributed by atoms with Crippen molar-refractivity contribution in [3.63, 3.8) is 0 Å². The van der Waals surface area contributed by atoms with E-state index in [1.54, 1.807) is 25.3 Å². The Morgan fingerprint density at radius 2 is 2.03 bits per heavy atom. The van der Waals surface area contributed by atoms with Crippen molar-refractivity contribution < 1.29 is 23.5 Å². The van der Waals surface area contributed by atoms with Gasteiger partial charge in [-0.05, 0) is 62.4 Å². The maximum absolute atomic E-state index is 13.1. The van der Waals surface area contributed by atoms with Gasteiger partial charge in [0.05, 0.1) is 25.7 Å². The lowest BCUT2D eigenvalue weighted by molar-refractivity contribution is 0.0930. The van der Waals surface area contributed by atoms with Crippen LogP contribution >= 0.6 is 0 Å². The first-order chi connectivity index (χ1) is 16.1. The van der Waals surface area contributed by atoms with E-state index in [1.807, 2.05) is 25.1 Å². The number of carbonyl (C=O) groups is 2. The molecule has 1 amide bonds. The molecule has 0 spiro atoms. The smallest absolute Gasteiger partial charge is 0.252 e. The molecule has 1 saturated carbocycles. The van der Waals surface area contributed by atoms with E-state index in [0.717, 1.165) is 36.8 Å². The van der Waals surface area contributed by atoms with Gasteiger partial charge >= 0.3 is 0 Å². The quantitative estimate of drug-likeness (QED) is 0.488. The fraction of sp³-hybridized carbons (Fsp3) is 0.360. The first kappa shape index (κ1) is 22.5. The van der Waals surface area contributed by atoms with E-state index in [9.17, 15) is 9.59 Å². The number of hydrogen-bond acceptors (Lipinski definition) is 7. The highest BCUT2D eigenvalue weighted by atomic mass is 16.5. The van der Waals surface area contributed by atoms with Crippen LogP contribution in [0.2, 0.25) is 0 Å². The predicted molar refractivity (Wildman–Crippen MR) is 121 cm³/mol. The molecule has 1 heterocycles. The summed E-state index contributed by atoms with van der Waals surface area (Å²) in [4.78, 5) is 24.7. The number of aromatic nitrogens is 2. The Labute approximate surface area is 192 Å². The summed E-state index contributed by atoms with van der Waals surface area (Å²) in [6, 6.07) is 10.2. The van der Waals surface area contributed by atoms with Crippen LogP contribution in [-0.4, -0.2) is 35.6 Å². The van der Waals surface area contributed by atoms with Crippen molar-refractivity contribution >= 4 is 12.2 Å². The van der Waals surface area contributed by atoms with Gasteiger partial charge in [-0.2, -0.15) is 0 Å². The van der Waals surface area contributed by atoms with E-state index in [0.29, 0.717) is 34.8 Å². The highest BCUT2D eigenvalue weighted by Gasteiger charge is 2.24. The standard InChI is InChI=1S/C25H27N3O5/c1-16-7-9-20(18(11-16)14-29)25(30)27-21(13-24-28-26-15-32-24)17-8-10-22(31-2)23(12-17)33-19-5-3-4-6-19/h7-12,14-15,19,21H,3-6,13H2,1-2H3,(H,27,30). The number of aryl methyl sites for hydroxylation is 1. The van der Waals surface area contributed by atoms with Gasteiger partial charge in [0.2, 0.25) is 12.3 Å². The number of aldehydes is 1. The summed E-state index contributed by atoms with van der Waals surface area (Å²) in [6.07, 6.45) is 6.70. The van der Waals surface area contributed by atoms with Crippen LogP contribution in [0.25, 0.3) is 0 Å². The van der Waals surface area contributed by atoms with E-state index >= 15 is 0 Å². The zero-order chi connectivity index (χ0) is 23.2. The van der Waals surface area contributed by atoms with Crippen LogP contribution in [0.15, 0.2) is 47.2 Å². The molecule has 8 heteroatoms. The topological polar surface area (TPSA) is 104 Å². The Kier molecular flexibility index (Phi) is 7.02. The maximum atomic E-state index is 13.1. The zero-order valence-corrected chi connectivity index (χ0v) is 18.7. The third kappa shape index (κ3) is 5.39. The SMILES string of the molecule is COc1ccc(C(Cc2nnco2)NC(=O)c2ccc(C)cc2C=O)cc1OC1CCCC1. The molecule has 1 aromatic heterocycles. The van der Waals surface area contributed by atoms with Crippen molar-refractivity contribution in [1.29, 1.82) is 0 Å². The molecule has 8 nitrogen and oxygen atoms in total. The second-order valence-corrected chi connectivity index (χ2v) is 8.21. The average molecular weight is 450 g/mol. The molecule has 1 fully saturated rings. The summed E-state index contributed by atoms with van der Waals surface area (Å²) in [6.45, 7) is 1.87. The highest BCUT2D eigenvalue weighted by Crippen LogP contribution is 2.34. The monoisotopic (exact) mass is 449 g/mol. The number of hydrogen-bond donors (Lipinski definition) is 1. The van der Waals surface area contributed by atoms with Crippen molar-refractivity contribution in [3.8, 4) is 11.5 Å². The van der Waals surface area contributed by atoms with Gasteiger partial charge in [-0.1, -0.05) is 17.7 Å². The molecule has 3 aromatic rings. The van der Waals surface area contributed by atoms with Gasteiger partial charge in [-0.25, -0.2) is 0 Å². The molecule has 1 aliphatic carbocycles. The van der Waals surface area contributed by atoms with E-state index in [-0.39, 0.29) is 18.4 Å². The highest BCUT2D eigenvalue weighted by molar-refractivity contribution is 6.01. The lowest BCUT2D eigenvalue weighted by Crippen LogP contribution is -2.31. The molecule has 4 rings (SSSR count). The number of benzene rings is 2. The van der Waals surface area contributed by atoms with Crippen molar-refractivity contribution in [1.82, 2.24) is 15.5 Å². The zero-order valence-electron chi connectivity index (χ0n) is 18.7. The largest absolute Gasteiger partial charge is 0.493 e. The molecule has 0 aliphatic heterocycles. The first-order valence-corrected chi connectivity index (χ1v) is 11.0. The third-order valence-electron chi connectivity index (χ3n) is 5.85. The minimum atomic E-state index is -0.490. The van der Waals surface area contributed by atoms with Gasteiger partial charge in [-0.3, -0.25) is 9.59 Å². The van der Waals surface area contributed by atoms with Crippen molar-refractivity contribution in [2.75, 3.05) is 7.11 Å². The Hall–Kier alpha value is -3.68. The van der Waals surface area contributed by atoms with Gasteiger partial charge < -0.3 is 19.2 Å². The van der Waals surface area contributed by atoms with Crippen LogP contribution in [0.5, 0.6) is 11.5 Å². The molecule has 1 unspecified atom stereocenters. The Morgan fingerprint density at radius 3 is 2.73 bits per heavy atom. The fourth-order valence-electron chi connectivity index (χ4n) is 4.12. The van der Waals surface area contributed by atoms with Crippen molar-refractivity contribution in [2.45, 2.75) is 51.2 Å². The number of nitrogens with zero attached hydrogens (tertiary/aromatic N) is 2. The minimum Gasteiger partial charge on any atom is -0.493 e. The second kappa shape index (κ2) is 10.3. The molecule has 1 aliphatic rings. The van der Waals surface area contributed by atoms with Crippen LogP contribution in [0.4, 0.5) is 0 Å². The fourth-order valence-corrected chi connectivity index (χ4v) is 4.12. The van der Waals surface area contributed by atoms with Crippen molar-refractivity contribution in [2.24, 2.45) is 0 Å². The molecule has 1 N–H and O–H groups in total. The average Bonchev–Trinajstić information content (AvgIpc) is 3.53. The molecule has 33 heavy (non-hydrogen) atoms. The normalized spacial score (nSPS) is 14.6. The summed E-state index contributed by atoms with van der Waals surface area (Å²) < 4.78 is 17.1. The maximum Gasteiger partial charge on any atom is 0.252 e.